The van der Waals surface area contributed by atoms with Gasteiger partial charge in [-0.15, -0.1) is 24.0 Å². The van der Waals surface area contributed by atoms with Crippen LogP contribution in [-0.2, 0) is 11.3 Å². The topological polar surface area (TPSA) is 54.9 Å². The molecule has 1 unspecified atom stereocenters. The number of aliphatic imine (C=N–C) groups is 1. The molecule has 6 heteroatoms. The summed E-state index contributed by atoms with van der Waals surface area (Å²) in [6.07, 6.45) is 0. The highest BCUT2D eigenvalue weighted by atomic mass is 127. The van der Waals surface area contributed by atoms with E-state index in [1.807, 2.05) is 12.1 Å². The number of benzene rings is 2. The van der Waals surface area contributed by atoms with E-state index in [9.17, 15) is 0 Å². The molecule has 0 saturated carbocycles. The maximum Gasteiger partial charge on any atom is 0.191 e. The SMILES string of the molecule is CN=C(NCc1ccc(OCCOC)cc1)NCC(C)c1ccc(C)cc1.I. The molecule has 0 fully saturated rings. The molecule has 0 aromatic heterocycles. The van der Waals surface area contributed by atoms with Crippen molar-refractivity contribution in [1.82, 2.24) is 10.6 Å². The second kappa shape index (κ2) is 13.4. The predicted molar refractivity (Wildman–Crippen MR) is 127 cm³/mol. The molecule has 2 aromatic rings. The smallest absolute Gasteiger partial charge is 0.191 e. The summed E-state index contributed by atoms with van der Waals surface area (Å²) in [5.74, 6) is 2.06. The Hall–Kier alpha value is -1.80. The highest BCUT2D eigenvalue weighted by molar-refractivity contribution is 14.0. The molecule has 0 aliphatic heterocycles. The van der Waals surface area contributed by atoms with E-state index in [2.05, 4.69) is 65.9 Å². The number of guanidine groups is 1. The minimum Gasteiger partial charge on any atom is -0.491 e. The van der Waals surface area contributed by atoms with Gasteiger partial charge in [-0.05, 0) is 36.1 Å². The minimum absolute atomic E-state index is 0. The van der Waals surface area contributed by atoms with Gasteiger partial charge in [0.1, 0.15) is 12.4 Å². The molecule has 2 rings (SSSR count). The van der Waals surface area contributed by atoms with Crippen molar-refractivity contribution in [3.8, 4) is 5.75 Å². The van der Waals surface area contributed by atoms with Crippen molar-refractivity contribution in [2.45, 2.75) is 26.3 Å². The zero-order chi connectivity index (χ0) is 19.5. The number of rotatable bonds is 9. The molecule has 2 aromatic carbocycles. The Morgan fingerprint density at radius 1 is 1.00 bits per heavy atom. The van der Waals surface area contributed by atoms with E-state index < -0.39 is 0 Å². The first-order valence-electron chi connectivity index (χ1n) is 9.34. The highest BCUT2D eigenvalue weighted by Crippen LogP contribution is 2.15. The molecule has 1 atom stereocenters. The molecule has 0 amide bonds. The van der Waals surface area contributed by atoms with Crippen molar-refractivity contribution in [2.75, 3.05) is 33.9 Å². The van der Waals surface area contributed by atoms with Gasteiger partial charge in [0.15, 0.2) is 5.96 Å². The van der Waals surface area contributed by atoms with Gasteiger partial charge in [0, 0.05) is 27.2 Å². The highest BCUT2D eigenvalue weighted by Gasteiger charge is 2.06. The number of methoxy groups -OCH3 is 1. The molecule has 2 N–H and O–H groups in total. The number of hydrogen-bond acceptors (Lipinski definition) is 3. The second-order valence-electron chi connectivity index (χ2n) is 6.60. The molecular weight excluding hydrogens is 465 g/mol. The van der Waals surface area contributed by atoms with Crippen LogP contribution < -0.4 is 15.4 Å². The lowest BCUT2D eigenvalue weighted by atomic mass is 10.0. The van der Waals surface area contributed by atoms with E-state index in [0.29, 0.717) is 25.7 Å². The van der Waals surface area contributed by atoms with Crippen LogP contribution in [0.15, 0.2) is 53.5 Å². The third-order valence-electron chi connectivity index (χ3n) is 4.39. The standard InChI is InChI=1S/C22H31N3O2.HI/c1-17-5-9-20(10-6-17)18(2)15-24-22(23-3)25-16-19-7-11-21(12-8-19)27-14-13-26-4;/h5-12,18H,13-16H2,1-4H3,(H2,23,24,25);1H. The maximum atomic E-state index is 5.58. The summed E-state index contributed by atoms with van der Waals surface area (Å²) in [7, 11) is 3.46. The van der Waals surface area contributed by atoms with Crippen LogP contribution in [0.2, 0.25) is 0 Å². The van der Waals surface area contributed by atoms with Crippen LogP contribution in [0.4, 0.5) is 0 Å². The fraction of sp³-hybridized carbons (Fsp3) is 0.409. The number of aryl methyl sites for hydroxylation is 1. The predicted octanol–water partition coefficient (Wildman–Crippen LogP) is 4.11. The minimum atomic E-state index is 0. The van der Waals surface area contributed by atoms with Crippen molar-refractivity contribution in [3.63, 3.8) is 0 Å². The molecule has 5 nitrogen and oxygen atoms in total. The third kappa shape index (κ3) is 8.48. The lowest BCUT2D eigenvalue weighted by Gasteiger charge is -2.17. The number of nitrogens with zero attached hydrogens (tertiary/aromatic N) is 1. The Balaban J connectivity index is 0.00000392. The zero-order valence-electron chi connectivity index (χ0n) is 17.2. The fourth-order valence-electron chi connectivity index (χ4n) is 2.62. The van der Waals surface area contributed by atoms with Crippen LogP contribution in [0.3, 0.4) is 0 Å². The van der Waals surface area contributed by atoms with Crippen molar-refractivity contribution in [2.24, 2.45) is 4.99 Å². The van der Waals surface area contributed by atoms with Crippen LogP contribution in [0.25, 0.3) is 0 Å². The Labute approximate surface area is 186 Å². The van der Waals surface area contributed by atoms with Crippen molar-refractivity contribution in [1.29, 1.82) is 0 Å². The van der Waals surface area contributed by atoms with Crippen molar-refractivity contribution < 1.29 is 9.47 Å². The molecule has 0 spiro atoms. The van der Waals surface area contributed by atoms with Crippen molar-refractivity contribution >= 4 is 29.9 Å². The van der Waals surface area contributed by atoms with Gasteiger partial charge in [-0.25, -0.2) is 0 Å². The summed E-state index contributed by atoms with van der Waals surface area (Å²) < 4.78 is 10.6. The first-order valence-corrected chi connectivity index (χ1v) is 9.34. The van der Waals surface area contributed by atoms with Crippen molar-refractivity contribution in [3.05, 3.63) is 65.2 Å². The van der Waals surface area contributed by atoms with Gasteiger partial charge in [-0.3, -0.25) is 4.99 Å². The largest absolute Gasteiger partial charge is 0.491 e. The molecule has 0 aliphatic carbocycles. The number of nitrogens with one attached hydrogen (secondary N) is 2. The number of halogens is 1. The Kier molecular flexibility index (Phi) is 11.6. The zero-order valence-corrected chi connectivity index (χ0v) is 19.5. The maximum absolute atomic E-state index is 5.58. The Morgan fingerprint density at radius 3 is 2.29 bits per heavy atom. The quantitative estimate of drug-likeness (QED) is 0.237. The third-order valence-corrected chi connectivity index (χ3v) is 4.39. The summed E-state index contributed by atoms with van der Waals surface area (Å²) in [6.45, 7) is 7.01. The fourth-order valence-corrected chi connectivity index (χ4v) is 2.62. The van der Waals surface area contributed by atoms with E-state index >= 15 is 0 Å². The molecule has 0 bridgehead atoms. The van der Waals surface area contributed by atoms with Crippen LogP contribution >= 0.6 is 24.0 Å². The molecular formula is C22H32IN3O2. The molecule has 0 radical (unpaired) electrons. The first-order chi connectivity index (χ1) is 13.1. The summed E-state index contributed by atoms with van der Waals surface area (Å²) in [5.41, 5.74) is 3.78. The summed E-state index contributed by atoms with van der Waals surface area (Å²) in [4.78, 5) is 4.31. The van der Waals surface area contributed by atoms with E-state index in [0.717, 1.165) is 18.3 Å². The average molecular weight is 497 g/mol. The van der Waals surface area contributed by atoms with Gasteiger partial charge in [-0.2, -0.15) is 0 Å². The Bertz CT molecular complexity index is 703. The lowest BCUT2D eigenvalue weighted by Crippen LogP contribution is -2.38. The summed E-state index contributed by atoms with van der Waals surface area (Å²) in [5, 5.41) is 6.75. The average Bonchev–Trinajstić information content (AvgIpc) is 2.69. The van der Waals surface area contributed by atoms with Crippen LogP contribution in [0.5, 0.6) is 5.75 Å². The van der Waals surface area contributed by atoms with Crippen LogP contribution in [-0.4, -0.2) is 39.9 Å². The molecule has 0 aliphatic rings. The molecule has 28 heavy (non-hydrogen) atoms. The van der Waals surface area contributed by atoms with Gasteiger partial charge in [-0.1, -0.05) is 48.9 Å². The van der Waals surface area contributed by atoms with E-state index in [4.69, 9.17) is 9.47 Å². The van der Waals surface area contributed by atoms with E-state index in [-0.39, 0.29) is 24.0 Å². The van der Waals surface area contributed by atoms with Gasteiger partial charge in [0.2, 0.25) is 0 Å². The van der Waals surface area contributed by atoms with E-state index in [1.54, 1.807) is 14.2 Å². The molecule has 154 valence electrons. The number of ether oxygens (including phenoxy) is 2. The first kappa shape index (κ1) is 24.2. The summed E-state index contributed by atoms with van der Waals surface area (Å²) >= 11 is 0. The van der Waals surface area contributed by atoms with Gasteiger partial charge < -0.3 is 20.1 Å². The second-order valence-corrected chi connectivity index (χ2v) is 6.60. The van der Waals surface area contributed by atoms with Gasteiger partial charge in [0.25, 0.3) is 0 Å². The van der Waals surface area contributed by atoms with Crippen LogP contribution in [0.1, 0.15) is 29.5 Å². The summed E-state index contributed by atoms with van der Waals surface area (Å²) in [6, 6.07) is 16.7. The molecule has 0 saturated heterocycles. The van der Waals surface area contributed by atoms with E-state index in [1.165, 1.54) is 16.7 Å². The van der Waals surface area contributed by atoms with Gasteiger partial charge >= 0.3 is 0 Å². The lowest BCUT2D eigenvalue weighted by molar-refractivity contribution is 0.146. The normalized spacial score (nSPS) is 12.1. The van der Waals surface area contributed by atoms with Gasteiger partial charge in [0.05, 0.1) is 6.61 Å². The van der Waals surface area contributed by atoms with Crippen LogP contribution in [0, 0.1) is 6.92 Å². The monoisotopic (exact) mass is 497 g/mol. The Morgan fingerprint density at radius 2 is 1.68 bits per heavy atom. The molecule has 0 heterocycles. The number of hydrogen-bond donors (Lipinski definition) is 2.